The Bertz CT molecular complexity index is 759. The lowest BCUT2D eigenvalue weighted by molar-refractivity contribution is -0.122. The Balaban J connectivity index is 1.59. The van der Waals surface area contributed by atoms with Crippen LogP contribution in [-0.2, 0) is 22.6 Å². The number of carbonyl (C=O) groups is 1. The van der Waals surface area contributed by atoms with Crippen LogP contribution in [0.3, 0.4) is 0 Å². The van der Waals surface area contributed by atoms with Crippen molar-refractivity contribution in [1.82, 2.24) is 10.2 Å². The quantitative estimate of drug-likeness (QED) is 0.774. The smallest absolute Gasteiger partial charge is 0.234 e. The minimum Gasteiger partial charge on any atom is -0.377 e. The standard InChI is InChI=1S/C22H27FN2O2/c1-17-6-2-3-8-19(17)13-24-22(26)16-25(15-21-10-5-11-27-21)14-18-7-4-9-20(23)12-18/h2-4,6-9,12,21H,5,10-11,13-16H2,1H3,(H,24,26). The van der Waals surface area contributed by atoms with Crippen molar-refractivity contribution < 1.29 is 13.9 Å². The fourth-order valence-electron chi connectivity index (χ4n) is 3.42. The maximum absolute atomic E-state index is 13.5. The van der Waals surface area contributed by atoms with E-state index in [-0.39, 0.29) is 24.4 Å². The van der Waals surface area contributed by atoms with Gasteiger partial charge in [-0.25, -0.2) is 4.39 Å². The third-order valence-corrected chi connectivity index (χ3v) is 4.89. The summed E-state index contributed by atoms with van der Waals surface area (Å²) in [6, 6.07) is 14.6. The number of rotatable bonds is 8. The number of carbonyl (C=O) groups excluding carboxylic acids is 1. The molecule has 0 saturated carbocycles. The number of amides is 1. The van der Waals surface area contributed by atoms with E-state index in [0.717, 1.165) is 36.1 Å². The first-order valence-corrected chi connectivity index (χ1v) is 9.50. The SMILES string of the molecule is Cc1ccccc1CNC(=O)CN(Cc1cccc(F)c1)CC1CCCO1. The van der Waals surface area contributed by atoms with Gasteiger partial charge in [0.25, 0.3) is 0 Å². The van der Waals surface area contributed by atoms with Crippen molar-refractivity contribution in [1.29, 1.82) is 0 Å². The molecule has 1 aliphatic rings. The van der Waals surface area contributed by atoms with Gasteiger partial charge in [-0.05, 0) is 48.6 Å². The number of nitrogens with one attached hydrogen (secondary N) is 1. The molecule has 2 aromatic carbocycles. The third-order valence-electron chi connectivity index (χ3n) is 4.89. The van der Waals surface area contributed by atoms with Crippen LogP contribution in [-0.4, -0.2) is 36.6 Å². The molecule has 0 spiro atoms. The van der Waals surface area contributed by atoms with Crippen LogP contribution >= 0.6 is 0 Å². The fraction of sp³-hybridized carbons (Fsp3) is 0.409. The van der Waals surface area contributed by atoms with E-state index in [0.29, 0.717) is 19.6 Å². The number of benzene rings is 2. The van der Waals surface area contributed by atoms with Crippen molar-refractivity contribution in [2.75, 3.05) is 19.7 Å². The molecule has 1 fully saturated rings. The van der Waals surface area contributed by atoms with E-state index in [1.165, 1.54) is 12.1 Å². The average molecular weight is 370 g/mol. The zero-order chi connectivity index (χ0) is 19.1. The van der Waals surface area contributed by atoms with Crippen LogP contribution in [0.2, 0.25) is 0 Å². The van der Waals surface area contributed by atoms with E-state index < -0.39 is 0 Å². The minimum absolute atomic E-state index is 0.0346. The largest absolute Gasteiger partial charge is 0.377 e. The lowest BCUT2D eigenvalue weighted by atomic mass is 10.1. The summed E-state index contributed by atoms with van der Waals surface area (Å²) >= 11 is 0. The van der Waals surface area contributed by atoms with Crippen LogP contribution in [0, 0.1) is 12.7 Å². The molecule has 144 valence electrons. The van der Waals surface area contributed by atoms with Gasteiger partial charge in [-0.3, -0.25) is 9.69 Å². The molecular formula is C22H27FN2O2. The summed E-state index contributed by atoms with van der Waals surface area (Å²) in [5.74, 6) is -0.291. The first-order valence-electron chi connectivity index (χ1n) is 9.50. The van der Waals surface area contributed by atoms with E-state index in [4.69, 9.17) is 4.74 Å². The summed E-state index contributed by atoms with van der Waals surface area (Å²) < 4.78 is 19.2. The summed E-state index contributed by atoms with van der Waals surface area (Å²) in [5, 5.41) is 3.00. The van der Waals surface area contributed by atoms with Crippen molar-refractivity contribution in [3.63, 3.8) is 0 Å². The number of nitrogens with zero attached hydrogens (tertiary/aromatic N) is 1. The lowest BCUT2D eigenvalue weighted by Crippen LogP contribution is -2.40. The van der Waals surface area contributed by atoms with Crippen LogP contribution in [0.1, 0.15) is 29.5 Å². The van der Waals surface area contributed by atoms with Crippen LogP contribution in [0.15, 0.2) is 48.5 Å². The average Bonchev–Trinajstić information content (AvgIpc) is 3.14. The number of ether oxygens (including phenoxy) is 1. The van der Waals surface area contributed by atoms with E-state index in [2.05, 4.69) is 5.32 Å². The van der Waals surface area contributed by atoms with Crippen LogP contribution in [0.5, 0.6) is 0 Å². The molecule has 1 unspecified atom stereocenters. The Kier molecular flexibility index (Phi) is 6.96. The predicted octanol–water partition coefficient (Wildman–Crippen LogP) is 3.43. The first kappa shape index (κ1) is 19.5. The van der Waals surface area contributed by atoms with Gasteiger partial charge in [-0.1, -0.05) is 36.4 Å². The highest BCUT2D eigenvalue weighted by atomic mass is 19.1. The second kappa shape index (κ2) is 9.62. The zero-order valence-corrected chi connectivity index (χ0v) is 15.8. The van der Waals surface area contributed by atoms with Crippen LogP contribution in [0.4, 0.5) is 4.39 Å². The van der Waals surface area contributed by atoms with Crippen molar-refractivity contribution in [3.8, 4) is 0 Å². The maximum Gasteiger partial charge on any atom is 0.234 e. The van der Waals surface area contributed by atoms with Gasteiger partial charge in [-0.15, -0.1) is 0 Å². The molecule has 4 nitrogen and oxygen atoms in total. The molecule has 1 N–H and O–H groups in total. The van der Waals surface area contributed by atoms with E-state index in [1.54, 1.807) is 6.07 Å². The summed E-state index contributed by atoms with van der Waals surface area (Å²) in [6.07, 6.45) is 2.20. The molecule has 1 saturated heterocycles. The summed E-state index contributed by atoms with van der Waals surface area (Å²) in [6.45, 7) is 4.79. The zero-order valence-electron chi connectivity index (χ0n) is 15.8. The van der Waals surface area contributed by atoms with E-state index >= 15 is 0 Å². The summed E-state index contributed by atoms with van der Waals surface area (Å²) in [7, 11) is 0. The molecule has 1 amide bonds. The van der Waals surface area contributed by atoms with Crippen molar-refractivity contribution in [3.05, 3.63) is 71.0 Å². The van der Waals surface area contributed by atoms with E-state index in [9.17, 15) is 9.18 Å². The number of hydrogen-bond acceptors (Lipinski definition) is 3. The van der Waals surface area contributed by atoms with Gasteiger partial charge in [0.1, 0.15) is 5.82 Å². The molecule has 0 aromatic heterocycles. The topological polar surface area (TPSA) is 41.6 Å². The Morgan fingerprint density at radius 1 is 1.26 bits per heavy atom. The van der Waals surface area contributed by atoms with Gasteiger partial charge < -0.3 is 10.1 Å². The molecule has 0 aliphatic carbocycles. The molecule has 1 atom stereocenters. The molecule has 0 radical (unpaired) electrons. The van der Waals surface area contributed by atoms with Crippen molar-refractivity contribution >= 4 is 5.91 Å². The third kappa shape index (κ3) is 6.15. The van der Waals surface area contributed by atoms with Gasteiger partial charge >= 0.3 is 0 Å². The molecule has 1 aliphatic heterocycles. The second-order valence-corrected chi connectivity index (χ2v) is 7.14. The highest BCUT2D eigenvalue weighted by Crippen LogP contribution is 2.15. The Morgan fingerprint density at radius 2 is 2.11 bits per heavy atom. The Hall–Kier alpha value is -2.24. The Morgan fingerprint density at radius 3 is 2.85 bits per heavy atom. The molecule has 2 aromatic rings. The highest BCUT2D eigenvalue weighted by molar-refractivity contribution is 5.78. The van der Waals surface area contributed by atoms with Crippen molar-refractivity contribution in [2.24, 2.45) is 0 Å². The predicted molar refractivity (Wildman–Crippen MR) is 104 cm³/mol. The number of halogens is 1. The number of aryl methyl sites for hydroxylation is 1. The van der Waals surface area contributed by atoms with Crippen molar-refractivity contribution in [2.45, 2.75) is 39.0 Å². The lowest BCUT2D eigenvalue weighted by Gasteiger charge is -2.25. The molecule has 27 heavy (non-hydrogen) atoms. The molecule has 0 bridgehead atoms. The molecule has 1 heterocycles. The van der Waals surface area contributed by atoms with Gasteiger partial charge in [-0.2, -0.15) is 0 Å². The summed E-state index contributed by atoms with van der Waals surface area (Å²) in [4.78, 5) is 14.5. The summed E-state index contributed by atoms with van der Waals surface area (Å²) in [5.41, 5.74) is 3.13. The Labute approximate surface area is 160 Å². The van der Waals surface area contributed by atoms with Gasteiger partial charge in [0, 0.05) is 26.2 Å². The molecule has 3 rings (SSSR count). The van der Waals surface area contributed by atoms with E-state index in [1.807, 2.05) is 42.2 Å². The van der Waals surface area contributed by atoms with Crippen LogP contribution in [0.25, 0.3) is 0 Å². The maximum atomic E-state index is 13.5. The fourth-order valence-corrected chi connectivity index (χ4v) is 3.42. The van der Waals surface area contributed by atoms with Crippen LogP contribution < -0.4 is 5.32 Å². The number of hydrogen-bond donors (Lipinski definition) is 1. The molecular weight excluding hydrogens is 343 g/mol. The van der Waals surface area contributed by atoms with Gasteiger partial charge in [0.15, 0.2) is 0 Å². The van der Waals surface area contributed by atoms with Gasteiger partial charge in [0.05, 0.1) is 12.6 Å². The van der Waals surface area contributed by atoms with Gasteiger partial charge in [0.2, 0.25) is 5.91 Å². The second-order valence-electron chi connectivity index (χ2n) is 7.14. The minimum atomic E-state index is -0.256. The normalized spacial score (nSPS) is 16.6. The first-order chi connectivity index (χ1) is 13.1. The monoisotopic (exact) mass is 370 g/mol. The highest BCUT2D eigenvalue weighted by Gasteiger charge is 2.21. The molecule has 5 heteroatoms.